The maximum Gasteiger partial charge on any atom is 0.362 e. The second kappa shape index (κ2) is 6.08. The summed E-state index contributed by atoms with van der Waals surface area (Å²) in [5.41, 5.74) is 0.196. The summed E-state index contributed by atoms with van der Waals surface area (Å²) < 4.78 is 10.5. The monoisotopic (exact) mass is 287 g/mol. The molecule has 0 aliphatic rings. The highest BCUT2D eigenvalue weighted by Gasteiger charge is 2.46. The average Bonchev–Trinajstić information content (AvgIpc) is 2.47. The topological polar surface area (TPSA) is 91.3 Å². The minimum Gasteiger partial charge on any atom is -0.410 e. The molecule has 0 aromatic carbocycles. The third-order valence-electron chi connectivity index (χ3n) is 2.44. The molecule has 0 spiro atoms. The van der Waals surface area contributed by atoms with Gasteiger partial charge in [-0.2, -0.15) is 0 Å². The van der Waals surface area contributed by atoms with Crippen molar-refractivity contribution in [2.45, 2.75) is 19.6 Å². The van der Waals surface area contributed by atoms with Gasteiger partial charge in [0.25, 0.3) is 0 Å². The predicted molar refractivity (Wildman–Crippen MR) is 70.6 cm³/mol. The van der Waals surface area contributed by atoms with Gasteiger partial charge in [-0.05, 0) is 18.2 Å². The predicted octanol–water partition coefficient (Wildman–Crippen LogP) is 1.20. The van der Waals surface area contributed by atoms with Gasteiger partial charge in [0.1, 0.15) is 5.69 Å². The molecule has 0 aliphatic carbocycles. The summed E-state index contributed by atoms with van der Waals surface area (Å²) in [5.74, 6) is -3.21. The van der Waals surface area contributed by atoms with Crippen LogP contribution in [-0.4, -0.2) is 26.9 Å². The SMILES string of the molecule is CC(=O)OC(OC(C)=O)(c1ccccn1)c1ncccn1. The van der Waals surface area contributed by atoms with Crippen LogP contribution in [0.25, 0.3) is 0 Å². The molecule has 0 fully saturated rings. The van der Waals surface area contributed by atoms with Crippen LogP contribution in [0.2, 0.25) is 0 Å². The van der Waals surface area contributed by atoms with Gasteiger partial charge in [-0.25, -0.2) is 9.97 Å². The van der Waals surface area contributed by atoms with E-state index in [4.69, 9.17) is 9.47 Å². The van der Waals surface area contributed by atoms with E-state index in [2.05, 4.69) is 15.0 Å². The van der Waals surface area contributed by atoms with Gasteiger partial charge in [-0.3, -0.25) is 14.6 Å². The van der Waals surface area contributed by atoms with Crippen molar-refractivity contribution in [2.75, 3.05) is 0 Å². The summed E-state index contributed by atoms with van der Waals surface area (Å²) >= 11 is 0. The lowest BCUT2D eigenvalue weighted by atomic mass is 10.1. The molecular formula is C14H13N3O4. The molecule has 108 valence electrons. The average molecular weight is 287 g/mol. The van der Waals surface area contributed by atoms with E-state index in [0.29, 0.717) is 0 Å². The molecule has 0 amide bonds. The molecule has 2 aromatic heterocycles. The number of rotatable bonds is 4. The number of aromatic nitrogens is 3. The van der Waals surface area contributed by atoms with Crippen LogP contribution in [0.3, 0.4) is 0 Å². The Morgan fingerprint density at radius 1 is 0.905 bits per heavy atom. The molecule has 0 saturated carbocycles. The Labute approximate surface area is 121 Å². The Balaban J connectivity index is 2.64. The molecule has 0 saturated heterocycles. The summed E-state index contributed by atoms with van der Waals surface area (Å²) in [6, 6.07) is 6.51. The highest BCUT2D eigenvalue weighted by Crippen LogP contribution is 2.31. The molecule has 2 aromatic rings. The number of carbonyl (C=O) groups is 2. The van der Waals surface area contributed by atoms with Crippen molar-refractivity contribution in [3.05, 3.63) is 54.4 Å². The minimum atomic E-state index is -1.90. The highest BCUT2D eigenvalue weighted by molar-refractivity contribution is 5.69. The zero-order chi connectivity index (χ0) is 15.3. The Bertz CT molecular complexity index is 574. The first-order valence-electron chi connectivity index (χ1n) is 6.13. The number of hydrogen-bond donors (Lipinski definition) is 0. The van der Waals surface area contributed by atoms with E-state index < -0.39 is 17.7 Å². The van der Waals surface area contributed by atoms with E-state index in [-0.39, 0.29) is 11.5 Å². The van der Waals surface area contributed by atoms with Gasteiger partial charge in [0.2, 0.25) is 5.82 Å². The lowest BCUT2D eigenvalue weighted by molar-refractivity contribution is -0.219. The number of carbonyl (C=O) groups excluding carboxylic acids is 2. The summed E-state index contributed by atoms with van der Waals surface area (Å²) in [4.78, 5) is 35.1. The maximum atomic E-state index is 11.5. The molecule has 0 radical (unpaired) electrons. The van der Waals surface area contributed by atoms with Crippen molar-refractivity contribution >= 4 is 11.9 Å². The van der Waals surface area contributed by atoms with Crippen LogP contribution in [-0.2, 0) is 24.8 Å². The standard InChI is InChI=1S/C14H13N3O4/c1-10(18)20-14(21-11(2)19,12-6-3-4-7-15-12)13-16-8-5-9-17-13/h3-9H,1-2H3. The van der Waals surface area contributed by atoms with Crippen LogP contribution in [0.15, 0.2) is 42.9 Å². The van der Waals surface area contributed by atoms with E-state index in [1.165, 1.54) is 32.4 Å². The van der Waals surface area contributed by atoms with E-state index in [1.54, 1.807) is 24.3 Å². The van der Waals surface area contributed by atoms with Crippen molar-refractivity contribution < 1.29 is 19.1 Å². The van der Waals surface area contributed by atoms with Crippen LogP contribution in [0.5, 0.6) is 0 Å². The number of pyridine rings is 1. The Kier molecular flexibility index (Phi) is 4.22. The zero-order valence-corrected chi connectivity index (χ0v) is 11.5. The van der Waals surface area contributed by atoms with Gasteiger partial charge < -0.3 is 9.47 Å². The third-order valence-corrected chi connectivity index (χ3v) is 2.44. The first-order chi connectivity index (χ1) is 10.0. The van der Waals surface area contributed by atoms with Crippen molar-refractivity contribution in [3.63, 3.8) is 0 Å². The van der Waals surface area contributed by atoms with Crippen molar-refractivity contribution in [1.82, 2.24) is 15.0 Å². The fraction of sp³-hybridized carbons (Fsp3) is 0.214. The van der Waals surface area contributed by atoms with Crippen LogP contribution in [0.4, 0.5) is 0 Å². The van der Waals surface area contributed by atoms with Crippen LogP contribution < -0.4 is 0 Å². The van der Waals surface area contributed by atoms with Crippen LogP contribution in [0.1, 0.15) is 25.4 Å². The molecule has 2 rings (SSSR count). The van der Waals surface area contributed by atoms with Crippen molar-refractivity contribution in [2.24, 2.45) is 0 Å². The minimum absolute atomic E-state index is 0.00843. The molecule has 0 bridgehead atoms. The Morgan fingerprint density at radius 3 is 1.95 bits per heavy atom. The quantitative estimate of drug-likeness (QED) is 0.616. The fourth-order valence-electron chi connectivity index (χ4n) is 1.76. The lowest BCUT2D eigenvalue weighted by Crippen LogP contribution is -2.40. The summed E-state index contributed by atoms with van der Waals surface area (Å²) in [5, 5.41) is 0. The number of esters is 2. The second-order valence-electron chi connectivity index (χ2n) is 4.09. The number of hydrogen-bond acceptors (Lipinski definition) is 7. The van der Waals surface area contributed by atoms with Gasteiger partial charge in [0.05, 0.1) is 0 Å². The van der Waals surface area contributed by atoms with Crippen LogP contribution in [0, 0.1) is 0 Å². The van der Waals surface area contributed by atoms with E-state index in [1.807, 2.05) is 0 Å². The highest BCUT2D eigenvalue weighted by atomic mass is 16.7. The first-order valence-corrected chi connectivity index (χ1v) is 6.13. The normalized spacial score (nSPS) is 10.8. The number of nitrogens with zero attached hydrogens (tertiary/aromatic N) is 3. The molecule has 21 heavy (non-hydrogen) atoms. The lowest BCUT2D eigenvalue weighted by Gasteiger charge is -2.29. The molecule has 7 nitrogen and oxygen atoms in total. The largest absolute Gasteiger partial charge is 0.410 e. The summed E-state index contributed by atoms with van der Waals surface area (Å²) in [6.07, 6.45) is 4.39. The van der Waals surface area contributed by atoms with Crippen molar-refractivity contribution in [3.8, 4) is 0 Å². The fourth-order valence-corrected chi connectivity index (χ4v) is 1.76. The molecule has 2 heterocycles. The van der Waals surface area contributed by atoms with Crippen molar-refractivity contribution in [1.29, 1.82) is 0 Å². The van der Waals surface area contributed by atoms with Gasteiger partial charge in [-0.15, -0.1) is 0 Å². The smallest absolute Gasteiger partial charge is 0.362 e. The van der Waals surface area contributed by atoms with E-state index in [9.17, 15) is 9.59 Å². The van der Waals surface area contributed by atoms with Crippen LogP contribution >= 0.6 is 0 Å². The van der Waals surface area contributed by atoms with E-state index in [0.717, 1.165) is 0 Å². The van der Waals surface area contributed by atoms with Gasteiger partial charge in [-0.1, -0.05) is 6.07 Å². The summed E-state index contributed by atoms with van der Waals surface area (Å²) in [6.45, 7) is 2.40. The first kappa shape index (κ1) is 14.6. The molecular weight excluding hydrogens is 274 g/mol. The maximum absolute atomic E-state index is 11.5. The number of ether oxygens (including phenoxy) is 2. The second-order valence-corrected chi connectivity index (χ2v) is 4.09. The van der Waals surface area contributed by atoms with Gasteiger partial charge in [0, 0.05) is 32.4 Å². The van der Waals surface area contributed by atoms with Gasteiger partial charge in [0.15, 0.2) is 0 Å². The molecule has 0 unspecified atom stereocenters. The molecule has 0 aliphatic heterocycles. The summed E-state index contributed by atoms with van der Waals surface area (Å²) in [7, 11) is 0. The third kappa shape index (κ3) is 3.19. The zero-order valence-electron chi connectivity index (χ0n) is 11.5. The molecule has 0 N–H and O–H groups in total. The van der Waals surface area contributed by atoms with E-state index >= 15 is 0 Å². The molecule has 7 heteroatoms. The Morgan fingerprint density at radius 2 is 1.48 bits per heavy atom. The van der Waals surface area contributed by atoms with Gasteiger partial charge >= 0.3 is 17.7 Å². The Hall–Kier alpha value is -2.83. The molecule has 0 atom stereocenters.